The number of carboxylic acids is 1. The Labute approximate surface area is 121 Å². The van der Waals surface area contributed by atoms with E-state index in [1.54, 1.807) is 0 Å². The van der Waals surface area contributed by atoms with E-state index in [1.807, 2.05) is 39.8 Å². The van der Waals surface area contributed by atoms with Crippen molar-refractivity contribution in [3.05, 3.63) is 0 Å². The van der Waals surface area contributed by atoms with Crippen LogP contribution in [-0.4, -0.2) is 62.9 Å². The second-order valence-corrected chi connectivity index (χ2v) is 6.21. The summed E-state index contributed by atoms with van der Waals surface area (Å²) in [5.74, 6) is -3.19. The number of carbonyl (C=O) groups excluding carboxylic acids is 1. The molecule has 0 rings (SSSR count). The third-order valence-corrected chi connectivity index (χ3v) is 3.04. The zero-order valence-electron chi connectivity index (χ0n) is 13.3. The number of carboxylic acid groups (broad SMARTS) is 1. The van der Waals surface area contributed by atoms with Gasteiger partial charge < -0.3 is 19.5 Å². The molecule has 20 heavy (non-hydrogen) atoms. The molecule has 6 nitrogen and oxygen atoms in total. The molecule has 0 bridgehead atoms. The summed E-state index contributed by atoms with van der Waals surface area (Å²) in [6.45, 7) is 6.33. The van der Waals surface area contributed by atoms with Gasteiger partial charge in [0.1, 0.15) is 6.61 Å². The largest absolute Gasteiger partial charge is 0.481 e. The Bertz CT molecular complexity index is 322. The van der Waals surface area contributed by atoms with Crippen molar-refractivity contribution in [1.29, 1.82) is 0 Å². The molecule has 0 aliphatic rings. The van der Waals surface area contributed by atoms with Crippen LogP contribution in [0.3, 0.4) is 0 Å². The highest BCUT2D eigenvalue weighted by atomic mass is 16.5. The van der Waals surface area contributed by atoms with E-state index in [1.165, 1.54) is 7.11 Å². The molecule has 0 aliphatic carbocycles. The lowest BCUT2D eigenvalue weighted by atomic mass is 9.73. The van der Waals surface area contributed by atoms with E-state index in [9.17, 15) is 14.7 Å². The Kier molecular flexibility index (Phi) is 7.75. The number of hydrogen-bond donors (Lipinski definition) is 1. The molecule has 0 aromatic heterocycles. The van der Waals surface area contributed by atoms with Crippen LogP contribution < -0.4 is 0 Å². The number of hydrogen-bond acceptors (Lipinski definition) is 5. The first kappa shape index (κ1) is 18.9. The number of nitrogens with zero attached hydrogens (tertiary/aromatic N) is 1. The van der Waals surface area contributed by atoms with Crippen LogP contribution in [0, 0.1) is 17.3 Å². The molecular weight excluding hydrogens is 262 g/mol. The molecule has 2 unspecified atom stereocenters. The quantitative estimate of drug-likeness (QED) is 0.674. The van der Waals surface area contributed by atoms with Gasteiger partial charge >= 0.3 is 11.9 Å². The van der Waals surface area contributed by atoms with Gasteiger partial charge in [-0.15, -0.1) is 0 Å². The minimum atomic E-state index is -1.05. The van der Waals surface area contributed by atoms with Crippen LogP contribution in [0.1, 0.15) is 20.8 Å². The van der Waals surface area contributed by atoms with Crippen molar-refractivity contribution in [2.75, 3.05) is 41.0 Å². The molecule has 0 amide bonds. The highest BCUT2D eigenvalue weighted by Gasteiger charge is 2.42. The van der Waals surface area contributed by atoms with E-state index < -0.39 is 29.2 Å². The summed E-state index contributed by atoms with van der Waals surface area (Å²) in [6.07, 6.45) is 0. The van der Waals surface area contributed by atoms with Gasteiger partial charge in [-0.1, -0.05) is 20.8 Å². The lowest BCUT2D eigenvalue weighted by Crippen LogP contribution is -2.42. The van der Waals surface area contributed by atoms with Gasteiger partial charge in [-0.05, 0) is 19.5 Å². The van der Waals surface area contributed by atoms with Crippen molar-refractivity contribution >= 4 is 11.9 Å². The van der Waals surface area contributed by atoms with E-state index in [0.29, 0.717) is 6.54 Å². The Morgan fingerprint density at radius 1 is 1.25 bits per heavy atom. The molecule has 0 aliphatic heterocycles. The number of carbonyl (C=O) groups is 2. The second kappa shape index (κ2) is 8.21. The van der Waals surface area contributed by atoms with E-state index >= 15 is 0 Å². The predicted molar refractivity (Wildman–Crippen MR) is 75.5 cm³/mol. The van der Waals surface area contributed by atoms with Crippen LogP contribution in [0.25, 0.3) is 0 Å². The van der Waals surface area contributed by atoms with Crippen molar-refractivity contribution in [1.82, 2.24) is 4.90 Å². The fraction of sp³-hybridized carbons (Fsp3) is 0.857. The number of esters is 1. The molecule has 118 valence electrons. The van der Waals surface area contributed by atoms with Crippen molar-refractivity contribution in [2.24, 2.45) is 17.3 Å². The molecule has 0 fully saturated rings. The summed E-state index contributed by atoms with van der Waals surface area (Å²) in [6, 6.07) is 0. The lowest BCUT2D eigenvalue weighted by Gasteiger charge is -2.33. The second-order valence-electron chi connectivity index (χ2n) is 6.21. The fourth-order valence-corrected chi connectivity index (χ4v) is 2.03. The highest BCUT2D eigenvalue weighted by molar-refractivity contribution is 5.81. The SMILES string of the molecule is COCC(C(=O)O)C(C(=O)OCCN(C)C)C(C)(C)C. The molecule has 0 heterocycles. The van der Waals surface area contributed by atoms with Gasteiger partial charge in [-0.2, -0.15) is 0 Å². The number of methoxy groups -OCH3 is 1. The lowest BCUT2D eigenvalue weighted by molar-refractivity contribution is -0.165. The van der Waals surface area contributed by atoms with Gasteiger partial charge in [0.15, 0.2) is 0 Å². The van der Waals surface area contributed by atoms with Crippen LogP contribution in [0.5, 0.6) is 0 Å². The maximum absolute atomic E-state index is 12.2. The van der Waals surface area contributed by atoms with Gasteiger partial charge in [0, 0.05) is 13.7 Å². The van der Waals surface area contributed by atoms with Gasteiger partial charge in [0.25, 0.3) is 0 Å². The molecule has 2 atom stereocenters. The van der Waals surface area contributed by atoms with E-state index in [0.717, 1.165) is 0 Å². The van der Waals surface area contributed by atoms with Crippen LogP contribution in [0.15, 0.2) is 0 Å². The zero-order chi connectivity index (χ0) is 15.9. The molecular formula is C14H27NO5. The summed E-state index contributed by atoms with van der Waals surface area (Å²) < 4.78 is 10.2. The first-order valence-corrected chi connectivity index (χ1v) is 6.64. The standard InChI is InChI=1S/C14H27NO5/c1-14(2,3)11(10(9-19-6)12(16)17)13(18)20-8-7-15(4)5/h10-11H,7-9H2,1-6H3,(H,16,17). The summed E-state index contributed by atoms with van der Waals surface area (Å²) in [5.41, 5.74) is -0.517. The summed E-state index contributed by atoms with van der Waals surface area (Å²) >= 11 is 0. The summed E-state index contributed by atoms with van der Waals surface area (Å²) in [5, 5.41) is 9.30. The zero-order valence-corrected chi connectivity index (χ0v) is 13.3. The minimum absolute atomic E-state index is 0.0138. The van der Waals surface area contributed by atoms with Gasteiger partial charge in [0.05, 0.1) is 18.4 Å². The van der Waals surface area contributed by atoms with Crippen LogP contribution in [-0.2, 0) is 19.1 Å². The van der Waals surface area contributed by atoms with Gasteiger partial charge in [-0.3, -0.25) is 9.59 Å². The first-order valence-electron chi connectivity index (χ1n) is 6.64. The highest BCUT2D eigenvalue weighted by Crippen LogP contribution is 2.34. The average molecular weight is 289 g/mol. The van der Waals surface area contributed by atoms with Crippen LogP contribution in [0.2, 0.25) is 0 Å². The van der Waals surface area contributed by atoms with Crippen LogP contribution in [0.4, 0.5) is 0 Å². The van der Waals surface area contributed by atoms with Crippen molar-refractivity contribution in [2.45, 2.75) is 20.8 Å². The maximum Gasteiger partial charge on any atom is 0.310 e. The maximum atomic E-state index is 12.2. The van der Waals surface area contributed by atoms with E-state index in [4.69, 9.17) is 9.47 Å². The van der Waals surface area contributed by atoms with Crippen molar-refractivity contribution in [3.63, 3.8) is 0 Å². The van der Waals surface area contributed by atoms with Gasteiger partial charge in [-0.25, -0.2) is 0 Å². The monoisotopic (exact) mass is 289 g/mol. The van der Waals surface area contributed by atoms with Crippen molar-refractivity contribution in [3.8, 4) is 0 Å². The van der Waals surface area contributed by atoms with Crippen LogP contribution >= 0.6 is 0 Å². The smallest absolute Gasteiger partial charge is 0.310 e. The molecule has 0 radical (unpaired) electrons. The first-order chi connectivity index (χ1) is 9.11. The predicted octanol–water partition coefficient (Wildman–Crippen LogP) is 1.10. The summed E-state index contributed by atoms with van der Waals surface area (Å²) in [7, 11) is 5.17. The molecule has 0 aromatic carbocycles. The van der Waals surface area contributed by atoms with Gasteiger partial charge in [0.2, 0.25) is 0 Å². The molecule has 0 aromatic rings. The van der Waals surface area contributed by atoms with Crippen molar-refractivity contribution < 1.29 is 24.2 Å². The molecule has 1 N–H and O–H groups in total. The molecule has 0 saturated heterocycles. The molecule has 0 saturated carbocycles. The Balaban J connectivity index is 4.95. The number of aliphatic carboxylic acids is 1. The number of rotatable bonds is 8. The topological polar surface area (TPSA) is 76.1 Å². The van der Waals surface area contributed by atoms with E-state index in [2.05, 4.69) is 0 Å². The van der Waals surface area contributed by atoms with E-state index in [-0.39, 0.29) is 13.2 Å². The molecule has 6 heteroatoms. The Morgan fingerprint density at radius 2 is 1.80 bits per heavy atom. The Morgan fingerprint density at radius 3 is 2.15 bits per heavy atom. The Hall–Kier alpha value is -1.14. The fourth-order valence-electron chi connectivity index (χ4n) is 2.03. The molecule has 0 spiro atoms. The average Bonchev–Trinajstić information content (AvgIpc) is 2.25. The summed E-state index contributed by atoms with van der Waals surface area (Å²) in [4.78, 5) is 25.5. The third kappa shape index (κ3) is 6.34. The normalized spacial score (nSPS) is 14.9. The number of ether oxygens (including phenoxy) is 2. The minimum Gasteiger partial charge on any atom is -0.481 e. The number of likely N-dealkylation sites (N-methyl/N-ethyl adjacent to an activating group) is 1. The third-order valence-electron chi connectivity index (χ3n) is 3.04.